The Hall–Kier alpha value is -2.92. The normalized spacial score (nSPS) is 10.7. The number of anilines is 2. The first-order chi connectivity index (χ1) is 12.0. The average molecular weight is 337 g/mol. The number of nitrogens with two attached hydrogens (primary N) is 1. The van der Waals surface area contributed by atoms with E-state index in [-0.39, 0.29) is 24.8 Å². The Labute approximate surface area is 147 Å². The number of aryl methyl sites for hydroxylation is 2. The van der Waals surface area contributed by atoms with Crippen LogP contribution in [0.15, 0.2) is 48.5 Å². The van der Waals surface area contributed by atoms with Crippen molar-refractivity contribution < 1.29 is 9.59 Å². The molecular formula is C20H23N3O2. The van der Waals surface area contributed by atoms with E-state index >= 15 is 0 Å². The fraction of sp³-hybridized carbons (Fsp3) is 0.200. The zero-order valence-corrected chi connectivity index (χ0v) is 14.5. The molecule has 5 nitrogen and oxygen atoms in total. The van der Waals surface area contributed by atoms with Gasteiger partial charge in [-0.1, -0.05) is 35.9 Å². The van der Waals surface area contributed by atoms with Crippen LogP contribution in [-0.2, 0) is 9.59 Å². The van der Waals surface area contributed by atoms with Crippen molar-refractivity contribution in [3.8, 4) is 0 Å². The van der Waals surface area contributed by atoms with Crippen molar-refractivity contribution in [2.75, 3.05) is 17.2 Å². The third-order valence-corrected chi connectivity index (χ3v) is 3.58. The Bertz CT molecular complexity index is 780. The van der Waals surface area contributed by atoms with E-state index in [9.17, 15) is 9.59 Å². The molecule has 2 amide bonds. The van der Waals surface area contributed by atoms with E-state index in [4.69, 9.17) is 5.73 Å². The van der Waals surface area contributed by atoms with Gasteiger partial charge >= 0.3 is 0 Å². The van der Waals surface area contributed by atoms with E-state index in [1.165, 1.54) is 11.6 Å². The number of amides is 2. The van der Waals surface area contributed by atoms with E-state index in [0.29, 0.717) is 11.4 Å². The third-order valence-electron chi connectivity index (χ3n) is 3.58. The maximum Gasteiger partial charge on any atom is 0.248 e. The molecule has 2 aromatic rings. The van der Waals surface area contributed by atoms with E-state index in [1.54, 1.807) is 12.1 Å². The quantitative estimate of drug-likeness (QED) is 0.708. The lowest BCUT2D eigenvalue weighted by Gasteiger charge is -2.12. The minimum Gasteiger partial charge on any atom is -0.330 e. The molecule has 25 heavy (non-hydrogen) atoms. The van der Waals surface area contributed by atoms with E-state index in [2.05, 4.69) is 10.6 Å². The minimum atomic E-state index is -0.265. The summed E-state index contributed by atoms with van der Waals surface area (Å²) in [6, 6.07) is 13.3. The van der Waals surface area contributed by atoms with Crippen molar-refractivity contribution in [2.24, 2.45) is 5.73 Å². The number of benzene rings is 2. The summed E-state index contributed by atoms with van der Waals surface area (Å²) in [6.45, 7) is 4.21. The van der Waals surface area contributed by atoms with Crippen molar-refractivity contribution in [3.05, 3.63) is 65.2 Å². The van der Waals surface area contributed by atoms with Crippen LogP contribution in [0.25, 0.3) is 6.08 Å². The Morgan fingerprint density at radius 1 is 0.960 bits per heavy atom. The highest BCUT2D eigenvalue weighted by atomic mass is 16.2. The van der Waals surface area contributed by atoms with Crippen LogP contribution in [0.2, 0.25) is 0 Å². The number of hydrogen-bond acceptors (Lipinski definition) is 3. The van der Waals surface area contributed by atoms with Crippen LogP contribution in [0.4, 0.5) is 11.4 Å². The highest BCUT2D eigenvalue weighted by Gasteiger charge is 2.08. The van der Waals surface area contributed by atoms with Gasteiger partial charge in [0, 0.05) is 19.0 Å². The molecule has 0 aliphatic heterocycles. The topological polar surface area (TPSA) is 84.2 Å². The van der Waals surface area contributed by atoms with Gasteiger partial charge in [-0.2, -0.15) is 0 Å². The van der Waals surface area contributed by atoms with Gasteiger partial charge in [-0.25, -0.2) is 0 Å². The predicted octanol–water partition coefficient (Wildman–Crippen LogP) is 3.24. The van der Waals surface area contributed by atoms with Gasteiger partial charge in [0.2, 0.25) is 11.8 Å². The van der Waals surface area contributed by atoms with Crippen molar-refractivity contribution in [1.29, 1.82) is 0 Å². The maximum absolute atomic E-state index is 12.2. The predicted molar refractivity (Wildman–Crippen MR) is 102 cm³/mol. The summed E-state index contributed by atoms with van der Waals surface area (Å²) in [7, 11) is 0. The molecule has 0 aromatic heterocycles. The molecule has 0 spiro atoms. The minimum absolute atomic E-state index is 0.182. The van der Waals surface area contributed by atoms with Crippen LogP contribution >= 0.6 is 0 Å². The zero-order chi connectivity index (χ0) is 18.2. The summed E-state index contributed by atoms with van der Waals surface area (Å²) in [4.78, 5) is 24.0. The second-order valence-corrected chi connectivity index (χ2v) is 5.87. The Morgan fingerprint density at radius 2 is 1.64 bits per heavy atom. The molecular weight excluding hydrogens is 314 g/mol. The first kappa shape index (κ1) is 18.4. The van der Waals surface area contributed by atoms with Crippen molar-refractivity contribution >= 4 is 29.3 Å². The molecule has 5 heteroatoms. The first-order valence-electron chi connectivity index (χ1n) is 8.14. The fourth-order valence-corrected chi connectivity index (χ4v) is 2.24. The van der Waals surface area contributed by atoms with Crippen LogP contribution < -0.4 is 16.4 Å². The summed E-state index contributed by atoms with van der Waals surface area (Å²) >= 11 is 0. The van der Waals surface area contributed by atoms with Gasteiger partial charge in [0.25, 0.3) is 0 Å². The monoisotopic (exact) mass is 337 g/mol. The molecule has 0 saturated heterocycles. The molecule has 4 N–H and O–H groups in total. The van der Waals surface area contributed by atoms with Crippen molar-refractivity contribution in [2.45, 2.75) is 20.3 Å². The van der Waals surface area contributed by atoms with Gasteiger partial charge < -0.3 is 16.4 Å². The van der Waals surface area contributed by atoms with Crippen LogP contribution in [0.3, 0.4) is 0 Å². The van der Waals surface area contributed by atoms with E-state index in [0.717, 1.165) is 11.1 Å². The summed E-state index contributed by atoms with van der Waals surface area (Å²) < 4.78 is 0. The molecule has 0 aliphatic carbocycles. The Kier molecular flexibility index (Phi) is 6.48. The smallest absolute Gasteiger partial charge is 0.248 e. The second-order valence-electron chi connectivity index (χ2n) is 5.87. The highest BCUT2D eigenvalue weighted by Crippen LogP contribution is 2.23. The summed E-state index contributed by atoms with van der Waals surface area (Å²) in [6.07, 6.45) is 3.44. The van der Waals surface area contributed by atoms with Crippen LogP contribution in [0, 0.1) is 13.8 Å². The van der Waals surface area contributed by atoms with Gasteiger partial charge in [-0.05, 0) is 43.2 Å². The molecule has 0 atom stereocenters. The number of carbonyl (C=O) groups excluding carboxylic acids is 2. The highest BCUT2D eigenvalue weighted by molar-refractivity contribution is 6.05. The number of carbonyl (C=O) groups is 2. The zero-order valence-electron chi connectivity index (χ0n) is 14.5. The molecule has 0 unspecified atom stereocenters. The SMILES string of the molecule is Cc1ccc(/C=C/C(=O)Nc2ccc(C)cc2NC(=O)CCN)cc1. The third kappa shape index (κ3) is 5.90. The van der Waals surface area contributed by atoms with Crippen LogP contribution in [-0.4, -0.2) is 18.4 Å². The summed E-state index contributed by atoms with van der Waals surface area (Å²) in [5, 5.41) is 5.58. The van der Waals surface area contributed by atoms with E-state index < -0.39 is 0 Å². The largest absolute Gasteiger partial charge is 0.330 e. The van der Waals surface area contributed by atoms with Gasteiger partial charge in [0.1, 0.15) is 0 Å². The van der Waals surface area contributed by atoms with Crippen molar-refractivity contribution in [1.82, 2.24) is 0 Å². The Morgan fingerprint density at radius 3 is 2.32 bits per heavy atom. The molecule has 2 aromatic carbocycles. The lowest BCUT2D eigenvalue weighted by molar-refractivity contribution is -0.116. The lowest BCUT2D eigenvalue weighted by Crippen LogP contribution is -2.18. The average Bonchev–Trinajstić information content (AvgIpc) is 2.57. The van der Waals surface area contributed by atoms with E-state index in [1.807, 2.05) is 50.2 Å². The first-order valence-corrected chi connectivity index (χ1v) is 8.14. The molecule has 0 aliphatic rings. The standard InChI is InChI=1S/C20H23N3O2/c1-14-3-6-16(7-4-14)8-10-19(24)22-17-9-5-15(2)13-18(17)23-20(25)11-12-21/h3-10,13H,11-12,21H2,1-2H3,(H,22,24)(H,23,25)/b10-8+. The van der Waals surface area contributed by atoms with Gasteiger partial charge in [-0.3, -0.25) is 9.59 Å². The lowest BCUT2D eigenvalue weighted by atomic mass is 10.1. The molecule has 0 radical (unpaired) electrons. The molecule has 0 fully saturated rings. The maximum atomic E-state index is 12.2. The fourth-order valence-electron chi connectivity index (χ4n) is 2.24. The van der Waals surface area contributed by atoms with Crippen molar-refractivity contribution in [3.63, 3.8) is 0 Å². The van der Waals surface area contributed by atoms with Crippen LogP contribution in [0.1, 0.15) is 23.1 Å². The summed E-state index contributed by atoms with van der Waals surface area (Å²) in [5.74, 6) is -0.447. The van der Waals surface area contributed by atoms with Gasteiger partial charge in [-0.15, -0.1) is 0 Å². The van der Waals surface area contributed by atoms with Crippen LogP contribution in [0.5, 0.6) is 0 Å². The molecule has 0 saturated carbocycles. The molecule has 2 rings (SSSR count). The van der Waals surface area contributed by atoms with Gasteiger partial charge in [0.05, 0.1) is 11.4 Å². The summed E-state index contributed by atoms with van der Waals surface area (Å²) in [5.41, 5.74) is 9.61. The Balaban J connectivity index is 2.09. The second kappa shape index (κ2) is 8.80. The van der Waals surface area contributed by atoms with Gasteiger partial charge in [0.15, 0.2) is 0 Å². The number of nitrogens with one attached hydrogen (secondary N) is 2. The number of rotatable bonds is 6. The number of hydrogen-bond donors (Lipinski definition) is 3. The molecule has 0 bridgehead atoms. The molecule has 0 heterocycles. The molecule has 130 valence electrons.